The molecule has 2 aromatic carbocycles. The molecule has 0 spiro atoms. The Hall–Kier alpha value is -2.08. The number of hydrogen-bond donors (Lipinski definition) is 0. The second kappa shape index (κ2) is 8.95. The fraction of sp³-hybridized carbons (Fsp3) is 0.261. The van der Waals surface area contributed by atoms with Gasteiger partial charge in [-0.15, -0.1) is 11.3 Å². The second-order valence-electron chi connectivity index (χ2n) is 7.39. The van der Waals surface area contributed by atoms with Crippen LogP contribution in [0.1, 0.15) is 31.9 Å². The molecule has 0 radical (unpaired) electrons. The van der Waals surface area contributed by atoms with Crippen molar-refractivity contribution < 1.29 is 4.74 Å². The fourth-order valence-electron chi connectivity index (χ4n) is 2.52. The molecule has 28 heavy (non-hydrogen) atoms. The van der Waals surface area contributed by atoms with Gasteiger partial charge in [0.05, 0.1) is 12.8 Å². The summed E-state index contributed by atoms with van der Waals surface area (Å²) in [7, 11) is 3.82. The maximum Gasteiger partial charge on any atom is 0.170 e. The van der Waals surface area contributed by atoms with E-state index in [1.165, 1.54) is 0 Å². The van der Waals surface area contributed by atoms with E-state index in [0.717, 1.165) is 32.5 Å². The zero-order valence-electron chi connectivity index (χ0n) is 17.0. The van der Waals surface area contributed by atoms with Gasteiger partial charge in [0.15, 0.2) is 5.75 Å². The number of benzene rings is 2. The van der Waals surface area contributed by atoms with Crippen LogP contribution in [0.15, 0.2) is 75.2 Å². The number of methoxy groups -OCH3 is 1. The molecule has 0 fully saturated rings. The average Bonchev–Trinajstić information content (AvgIpc) is 3.08. The number of hydrogen-bond acceptors (Lipinski definition) is 5. The van der Waals surface area contributed by atoms with Gasteiger partial charge in [-0.1, -0.05) is 60.7 Å². The maximum absolute atomic E-state index is 5.76. The minimum absolute atomic E-state index is 0.0579. The summed E-state index contributed by atoms with van der Waals surface area (Å²) in [6, 6.07) is 20.6. The predicted molar refractivity (Wildman–Crippen MR) is 122 cm³/mol. The molecule has 3 aromatic rings. The molecule has 146 valence electrons. The summed E-state index contributed by atoms with van der Waals surface area (Å²) in [6.45, 7) is 6.59. The molecule has 0 aliphatic heterocycles. The van der Waals surface area contributed by atoms with Crippen LogP contribution < -0.4 is 4.74 Å². The Labute approximate surface area is 176 Å². The average molecular weight is 411 g/mol. The summed E-state index contributed by atoms with van der Waals surface area (Å²) >= 11 is 3.37. The van der Waals surface area contributed by atoms with Crippen LogP contribution in [0.4, 0.5) is 5.69 Å². The fourth-order valence-corrected chi connectivity index (χ4v) is 4.64. The van der Waals surface area contributed by atoms with Crippen molar-refractivity contribution in [3.05, 3.63) is 77.2 Å². The molecule has 0 atom stereocenters. The number of thiophene rings is 1. The lowest BCUT2D eigenvalue weighted by atomic mass is 10.0. The Morgan fingerprint density at radius 2 is 1.50 bits per heavy atom. The lowest BCUT2D eigenvalue weighted by molar-refractivity contribution is 0.319. The first-order valence-corrected chi connectivity index (χ1v) is 10.8. The van der Waals surface area contributed by atoms with E-state index in [0.29, 0.717) is 0 Å². The van der Waals surface area contributed by atoms with E-state index in [4.69, 9.17) is 9.73 Å². The molecule has 0 amide bonds. The van der Waals surface area contributed by atoms with Crippen molar-refractivity contribution in [3.63, 3.8) is 0 Å². The van der Waals surface area contributed by atoms with Crippen molar-refractivity contribution in [1.82, 2.24) is 4.31 Å². The standard InChI is InChI=1S/C23H26N2OS2/c1-23(2,3)25(4)28-22-21(26-5)19(16-27-22)24-20(17-12-8-6-9-13-17)18-14-10-7-11-15-18/h6-16H,1-5H3. The minimum atomic E-state index is 0.0579. The van der Waals surface area contributed by atoms with Gasteiger partial charge in [0.1, 0.15) is 9.90 Å². The normalized spacial score (nSPS) is 11.5. The van der Waals surface area contributed by atoms with Gasteiger partial charge in [0.2, 0.25) is 0 Å². The number of ether oxygens (including phenoxy) is 1. The monoisotopic (exact) mass is 410 g/mol. The summed E-state index contributed by atoms with van der Waals surface area (Å²) in [5, 5.41) is 2.07. The molecule has 0 bridgehead atoms. The third kappa shape index (κ3) is 4.85. The molecular formula is C23H26N2OS2. The molecule has 0 aliphatic carbocycles. The lowest BCUT2D eigenvalue weighted by Crippen LogP contribution is -2.32. The zero-order chi connectivity index (χ0) is 20.1. The first-order valence-electron chi connectivity index (χ1n) is 9.17. The van der Waals surface area contributed by atoms with Crippen LogP contribution in [0.25, 0.3) is 0 Å². The highest BCUT2D eigenvalue weighted by molar-refractivity contribution is 7.99. The van der Waals surface area contributed by atoms with Gasteiger partial charge in [-0.2, -0.15) is 0 Å². The van der Waals surface area contributed by atoms with Crippen LogP contribution in [0.3, 0.4) is 0 Å². The summed E-state index contributed by atoms with van der Waals surface area (Å²) in [4.78, 5) is 5.03. The topological polar surface area (TPSA) is 24.8 Å². The van der Waals surface area contributed by atoms with Crippen LogP contribution in [-0.2, 0) is 0 Å². The quantitative estimate of drug-likeness (QED) is 0.335. The first kappa shape index (κ1) is 20.6. The molecule has 0 N–H and O–H groups in total. The molecule has 0 saturated heterocycles. The van der Waals surface area contributed by atoms with E-state index >= 15 is 0 Å². The van der Waals surface area contributed by atoms with E-state index < -0.39 is 0 Å². The smallest absolute Gasteiger partial charge is 0.170 e. The maximum atomic E-state index is 5.76. The van der Waals surface area contributed by atoms with E-state index in [1.54, 1.807) is 30.4 Å². The summed E-state index contributed by atoms with van der Waals surface area (Å²) in [5.41, 5.74) is 4.03. The van der Waals surface area contributed by atoms with Gasteiger partial charge in [0, 0.05) is 22.0 Å². The van der Waals surface area contributed by atoms with Crippen LogP contribution in [0, 0.1) is 0 Å². The van der Waals surface area contributed by atoms with Gasteiger partial charge in [-0.25, -0.2) is 9.30 Å². The van der Waals surface area contributed by atoms with Gasteiger partial charge >= 0.3 is 0 Å². The van der Waals surface area contributed by atoms with Gasteiger partial charge in [-0.05, 0) is 39.8 Å². The Balaban J connectivity index is 2.04. The predicted octanol–water partition coefficient (Wildman–Crippen LogP) is 6.66. The van der Waals surface area contributed by atoms with Gasteiger partial charge in [-0.3, -0.25) is 0 Å². The van der Waals surface area contributed by atoms with Crippen molar-refractivity contribution >= 4 is 34.7 Å². The van der Waals surface area contributed by atoms with E-state index in [-0.39, 0.29) is 5.54 Å². The SMILES string of the molecule is COc1c(N=C(c2ccccc2)c2ccccc2)csc1SN(C)C(C)(C)C. The van der Waals surface area contributed by atoms with Crippen LogP contribution in [-0.4, -0.2) is 29.7 Å². The molecule has 1 heterocycles. The van der Waals surface area contributed by atoms with Crippen molar-refractivity contribution in [2.45, 2.75) is 30.5 Å². The molecule has 0 aliphatic rings. The van der Waals surface area contributed by atoms with E-state index in [1.807, 2.05) is 36.4 Å². The number of rotatable bonds is 6. The minimum Gasteiger partial charge on any atom is -0.492 e. The lowest BCUT2D eigenvalue weighted by Gasteiger charge is -2.30. The highest BCUT2D eigenvalue weighted by atomic mass is 32.2. The number of nitrogens with zero attached hydrogens (tertiary/aromatic N) is 2. The first-order chi connectivity index (χ1) is 13.4. The third-order valence-corrected chi connectivity index (χ3v) is 6.82. The van der Waals surface area contributed by atoms with Crippen molar-refractivity contribution in [2.75, 3.05) is 14.2 Å². The van der Waals surface area contributed by atoms with E-state index in [2.05, 4.69) is 61.8 Å². The third-order valence-electron chi connectivity index (χ3n) is 4.39. The summed E-state index contributed by atoms with van der Waals surface area (Å²) in [5.74, 6) is 0.829. The van der Waals surface area contributed by atoms with Crippen molar-refractivity contribution in [2.24, 2.45) is 4.99 Å². The Morgan fingerprint density at radius 1 is 0.964 bits per heavy atom. The Morgan fingerprint density at radius 3 is 1.96 bits per heavy atom. The summed E-state index contributed by atoms with van der Waals surface area (Å²) in [6.07, 6.45) is 0. The van der Waals surface area contributed by atoms with Gasteiger partial charge in [0.25, 0.3) is 0 Å². The molecule has 3 rings (SSSR count). The van der Waals surface area contributed by atoms with Crippen LogP contribution in [0.5, 0.6) is 5.75 Å². The van der Waals surface area contributed by atoms with E-state index in [9.17, 15) is 0 Å². The summed E-state index contributed by atoms with van der Waals surface area (Å²) < 4.78 is 9.11. The van der Waals surface area contributed by atoms with Gasteiger partial charge < -0.3 is 4.74 Å². The molecule has 3 nitrogen and oxygen atoms in total. The van der Waals surface area contributed by atoms with Crippen LogP contribution >= 0.6 is 23.3 Å². The molecule has 0 unspecified atom stereocenters. The van der Waals surface area contributed by atoms with Crippen molar-refractivity contribution in [3.8, 4) is 5.75 Å². The molecule has 5 heteroatoms. The highest BCUT2D eigenvalue weighted by Crippen LogP contribution is 2.46. The highest BCUT2D eigenvalue weighted by Gasteiger charge is 2.22. The molecular weight excluding hydrogens is 384 g/mol. The number of aliphatic imine (C=N–C) groups is 1. The largest absolute Gasteiger partial charge is 0.492 e. The Bertz CT molecular complexity index is 887. The Kier molecular flexibility index (Phi) is 6.60. The zero-order valence-corrected chi connectivity index (χ0v) is 18.6. The molecule has 0 saturated carbocycles. The second-order valence-corrected chi connectivity index (χ2v) is 9.67. The van der Waals surface area contributed by atoms with Crippen molar-refractivity contribution in [1.29, 1.82) is 0 Å². The molecule has 1 aromatic heterocycles. The van der Waals surface area contributed by atoms with Crippen LogP contribution in [0.2, 0.25) is 0 Å².